The van der Waals surface area contributed by atoms with Gasteiger partial charge in [0.2, 0.25) is 5.76 Å². The molecule has 1 amide bonds. The van der Waals surface area contributed by atoms with Crippen molar-refractivity contribution in [1.29, 1.82) is 0 Å². The van der Waals surface area contributed by atoms with Crippen LogP contribution < -0.4 is 5.43 Å². The molecule has 1 atom stereocenters. The topological polar surface area (TPSA) is 50.5 Å². The molecule has 2 aromatic carbocycles. The summed E-state index contributed by atoms with van der Waals surface area (Å²) in [6.45, 7) is 7.96. The van der Waals surface area contributed by atoms with Crippen LogP contribution in [0.1, 0.15) is 38.9 Å². The number of benzene rings is 2. The molecular formula is C23H21NO3S. The van der Waals surface area contributed by atoms with Crippen LogP contribution in [0.4, 0.5) is 0 Å². The van der Waals surface area contributed by atoms with Gasteiger partial charge >= 0.3 is 0 Å². The van der Waals surface area contributed by atoms with Crippen molar-refractivity contribution in [2.75, 3.05) is 12.8 Å². The Kier molecular flexibility index (Phi) is 4.63. The van der Waals surface area contributed by atoms with Crippen LogP contribution in [0.3, 0.4) is 0 Å². The summed E-state index contributed by atoms with van der Waals surface area (Å²) in [6.07, 6.45) is 3.69. The molecular weight excluding hydrogens is 370 g/mol. The highest BCUT2D eigenvalue weighted by atomic mass is 32.2. The second-order valence-electron chi connectivity index (χ2n) is 7.05. The van der Waals surface area contributed by atoms with Gasteiger partial charge in [-0.05, 0) is 55.0 Å². The lowest BCUT2D eigenvalue weighted by Crippen LogP contribution is -2.29. The Morgan fingerprint density at radius 1 is 1.18 bits per heavy atom. The van der Waals surface area contributed by atoms with Gasteiger partial charge in [-0.1, -0.05) is 24.3 Å². The first-order valence-electron chi connectivity index (χ1n) is 9.10. The summed E-state index contributed by atoms with van der Waals surface area (Å²) in [7, 11) is 0. The lowest BCUT2D eigenvalue weighted by Gasteiger charge is -2.23. The average molecular weight is 391 g/mol. The second-order valence-corrected chi connectivity index (χ2v) is 7.93. The molecule has 2 heterocycles. The molecule has 3 aromatic rings. The van der Waals surface area contributed by atoms with Gasteiger partial charge in [0, 0.05) is 11.4 Å². The highest BCUT2D eigenvalue weighted by molar-refractivity contribution is 7.98. The lowest BCUT2D eigenvalue weighted by molar-refractivity contribution is 0.0748. The zero-order valence-corrected chi connectivity index (χ0v) is 16.9. The molecule has 5 heteroatoms. The molecule has 142 valence electrons. The van der Waals surface area contributed by atoms with E-state index in [9.17, 15) is 9.59 Å². The van der Waals surface area contributed by atoms with Crippen molar-refractivity contribution in [3.8, 4) is 0 Å². The Morgan fingerprint density at radius 3 is 2.54 bits per heavy atom. The van der Waals surface area contributed by atoms with Crippen molar-refractivity contribution in [3.63, 3.8) is 0 Å². The molecule has 1 unspecified atom stereocenters. The van der Waals surface area contributed by atoms with Crippen LogP contribution in [0.15, 0.2) is 63.2 Å². The maximum atomic E-state index is 13.5. The van der Waals surface area contributed by atoms with Crippen LogP contribution in [0.25, 0.3) is 11.0 Å². The normalized spacial score (nSPS) is 15.9. The molecule has 1 aromatic heterocycles. The van der Waals surface area contributed by atoms with E-state index in [1.54, 1.807) is 22.7 Å². The van der Waals surface area contributed by atoms with Crippen molar-refractivity contribution < 1.29 is 9.21 Å². The van der Waals surface area contributed by atoms with E-state index in [4.69, 9.17) is 4.42 Å². The number of aryl methyl sites for hydroxylation is 2. The van der Waals surface area contributed by atoms with Gasteiger partial charge in [0.15, 0.2) is 5.43 Å². The predicted molar refractivity (Wildman–Crippen MR) is 113 cm³/mol. The minimum Gasteiger partial charge on any atom is -0.450 e. The van der Waals surface area contributed by atoms with Crippen LogP contribution in [-0.4, -0.2) is 23.6 Å². The Balaban J connectivity index is 2.01. The molecule has 0 radical (unpaired) electrons. The maximum Gasteiger partial charge on any atom is 0.291 e. The lowest BCUT2D eigenvalue weighted by atomic mass is 9.97. The summed E-state index contributed by atoms with van der Waals surface area (Å²) in [5, 5.41) is 0.523. The first-order chi connectivity index (χ1) is 13.5. The van der Waals surface area contributed by atoms with Gasteiger partial charge in [0.05, 0.1) is 17.0 Å². The molecule has 0 saturated heterocycles. The van der Waals surface area contributed by atoms with E-state index >= 15 is 0 Å². The van der Waals surface area contributed by atoms with Crippen LogP contribution >= 0.6 is 11.8 Å². The Morgan fingerprint density at radius 2 is 1.89 bits per heavy atom. The Bertz CT molecular complexity index is 1160. The molecule has 0 fully saturated rings. The van der Waals surface area contributed by atoms with Gasteiger partial charge in [-0.15, -0.1) is 18.3 Å². The van der Waals surface area contributed by atoms with E-state index in [2.05, 4.69) is 6.58 Å². The van der Waals surface area contributed by atoms with Gasteiger partial charge in [-0.2, -0.15) is 0 Å². The fourth-order valence-electron chi connectivity index (χ4n) is 3.93. The molecule has 28 heavy (non-hydrogen) atoms. The highest BCUT2D eigenvalue weighted by Gasteiger charge is 2.42. The van der Waals surface area contributed by atoms with Crippen LogP contribution in [0, 0.1) is 13.8 Å². The molecule has 0 aliphatic carbocycles. The average Bonchev–Trinajstić information content (AvgIpc) is 2.96. The molecule has 0 saturated carbocycles. The molecule has 4 nitrogen and oxygen atoms in total. The fraction of sp³-hybridized carbons (Fsp3) is 0.217. The third-order valence-electron chi connectivity index (χ3n) is 5.15. The molecule has 0 bridgehead atoms. The number of rotatable bonds is 4. The standard InChI is InChI=1S/C23H21NO3S/c1-5-10-24-19(15-6-8-16(28-4)9-7-15)18-20(25)17-12-13(2)11-14(3)21(17)27-22(18)23(24)26/h5-9,11-12,19H,1,10H2,2-4H3. The largest absolute Gasteiger partial charge is 0.450 e. The van der Waals surface area contributed by atoms with Crippen molar-refractivity contribution >= 4 is 28.6 Å². The first-order valence-corrected chi connectivity index (χ1v) is 10.3. The number of thioether (sulfide) groups is 1. The number of nitrogens with zero attached hydrogens (tertiary/aromatic N) is 1. The quantitative estimate of drug-likeness (QED) is 0.471. The summed E-state index contributed by atoms with van der Waals surface area (Å²) in [4.78, 5) is 29.3. The minimum absolute atomic E-state index is 0.137. The first kappa shape index (κ1) is 18.6. The molecule has 4 rings (SSSR count). The van der Waals surface area contributed by atoms with Gasteiger partial charge in [0.1, 0.15) is 5.58 Å². The number of carbonyl (C=O) groups excluding carboxylic acids is 1. The maximum absolute atomic E-state index is 13.5. The third kappa shape index (κ3) is 2.78. The van der Waals surface area contributed by atoms with Crippen LogP contribution in [0.5, 0.6) is 0 Å². The van der Waals surface area contributed by atoms with Crippen molar-refractivity contribution in [3.05, 3.63) is 87.3 Å². The number of hydrogen-bond donors (Lipinski definition) is 0. The van der Waals surface area contributed by atoms with Crippen molar-refractivity contribution in [2.24, 2.45) is 0 Å². The monoisotopic (exact) mass is 391 g/mol. The Hall–Kier alpha value is -2.79. The van der Waals surface area contributed by atoms with Crippen molar-refractivity contribution in [1.82, 2.24) is 4.90 Å². The molecule has 1 aliphatic heterocycles. The second kappa shape index (κ2) is 6.99. The van der Waals surface area contributed by atoms with Gasteiger partial charge in [0.25, 0.3) is 5.91 Å². The summed E-state index contributed by atoms with van der Waals surface area (Å²) < 4.78 is 6.03. The van der Waals surface area contributed by atoms with Crippen LogP contribution in [0.2, 0.25) is 0 Å². The molecule has 0 N–H and O–H groups in total. The molecule has 1 aliphatic rings. The van der Waals surface area contributed by atoms with E-state index in [1.807, 2.05) is 56.5 Å². The SMILES string of the molecule is C=CCN1C(=O)c2oc3c(C)cc(C)cc3c(=O)c2C1c1ccc(SC)cc1. The van der Waals surface area contributed by atoms with Gasteiger partial charge in [-0.3, -0.25) is 9.59 Å². The highest BCUT2D eigenvalue weighted by Crippen LogP contribution is 2.38. The molecule has 0 spiro atoms. The van der Waals surface area contributed by atoms with Gasteiger partial charge in [-0.25, -0.2) is 0 Å². The smallest absolute Gasteiger partial charge is 0.291 e. The zero-order valence-electron chi connectivity index (χ0n) is 16.1. The van der Waals surface area contributed by atoms with E-state index in [1.165, 1.54) is 0 Å². The third-order valence-corrected chi connectivity index (χ3v) is 5.90. The summed E-state index contributed by atoms with van der Waals surface area (Å²) in [5.74, 6) is -0.127. The number of fused-ring (bicyclic) bond motifs is 2. The minimum atomic E-state index is -0.474. The van der Waals surface area contributed by atoms with E-state index < -0.39 is 6.04 Å². The summed E-state index contributed by atoms with van der Waals surface area (Å²) in [5.41, 5.74) is 3.50. The van der Waals surface area contributed by atoms with E-state index in [0.717, 1.165) is 21.6 Å². The number of hydrogen-bond acceptors (Lipinski definition) is 4. The van der Waals surface area contributed by atoms with Crippen LogP contribution in [-0.2, 0) is 0 Å². The van der Waals surface area contributed by atoms with Gasteiger partial charge < -0.3 is 9.32 Å². The number of carbonyl (C=O) groups is 1. The van der Waals surface area contributed by atoms with E-state index in [-0.39, 0.29) is 17.1 Å². The fourth-order valence-corrected chi connectivity index (χ4v) is 4.34. The number of amides is 1. The summed E-state index contributed by atoms with van der Waals surface area (Å²) in [6, 6.07) is 11.3. The zero-order chi connectivity index (χ0) is 20.0. The Labute approximate surface area is 167 Å². The predicted octanol–water partition coefficient (Wildman–Crippen LogP) is 4.86. The summed E-state index contributed by atoms with van der Waals surface area (Å²) >= 11 is 1.65. The van der Waals surface area contributed by atoms with E-state index in [0.29, 0.717) is 23.1 Å². The van der Waals surface area contributed by atoms with Crippen molar-refractivity contribution in [2.45, 2.75) is 24.8 Å².